The Morgan fingerprint density at radius 2 is 2.21 bits per heavy atom. The van der Waals surface area contributed by atoms with Crippen molar-refractivity contribution in [3.8, 4) is 0 Å². The molecule has 1 aromatic rings. The Kier molecular flexibility index (Phi) is 4.37. The van der Waals surface area contributed by atoms with E-state index in [1.165, 1.54) is 0 Å². The quantitative estimate of drug-likeness (QED) is 0.878. The molecule has 2 rings (SSSR count). The molecule has 1 aromatic carbocycles. The van der Waals surface area contributed by atoms with Gasteiger partial charge in [-0.15, -0.1) is 0 Å². The van der Waals surface area contributed by atoms with Crippen LogP contribution in [0.2, 0.25) is 5.02 Å². The van der Waals surface area contributed by atoms with Crippen molar-refractivity contribution in [2.24, 2.45) is 5.92 Å². The molecule has 0 aromatic heterocycles. The van der Waals surface area contributed by atoms with Crippen molar-refractivity contribution in [1.82, 2.24) is 5.32 Å². The summed E-state index contributed by atoms with van der Waals surface area (Å²) in [4.78, 5) is 12.1. The lowest BCUT2D eigenvalue weighted by molar-refractivity contribution is -0.119. The summed E-state index contributed by atoms with van der Waals surface area (Å²) < 4.78 is 26.5. The summed E-state index contributed by atoms with van der Waals surface area (Å²) in [5.74, 6) is -1.83. The Bertz CT molecular complexity index is 473. The second-order valence-corrected chi connectivity index (χ2v) is 5.19. The number of amides is 1. The van der Waals surface area contributed by atoms with Gasteiger partial charge in [-0.1, -0.05) is 18.5 Å². The van der Waals surface area contributed by atoms with Crippen LogP contribution in [0.5, 0.6) is 0 Å². The number of anilines is 1. The van der Waals surface area contributed by atoms with Gasteiger partial charge in [0, 0.05) is 6.07 Å². The summed E-state index contributed by atoms with van der Waals surface area (Å²) in [6.07, 6.45) is 1.95. The fourth-order valence-electron chi connectivity index (χ4n) is 2.26. The largest absolute Gasteiger partial charge is 0.321 e. The summed E-state index contributed by atoms with van der Waals surface area (Å²) in [5.41, 5.74) is -0.173. The normalized spacial score (nSPS) is 23.2. The molecule has 1 saturated heterocycles. The number of halogens is 3. The third-order valence-electron chi connectivity index (χ3n) is 3.31. The minimum atomic E-state index is -0.873. The molecule has 19 heavy (non-hydrogen) atoms. The van der Waals surface area contributed by atoms with Crippen molar-refractivity contribution >= 4 is 23.2 Å². The molecule has 2 unspecified atom stereocenters. The highest BCUT2D eigenvalue weighted by Gasteiger charge is 2.28. The SMILES string of the molecule is CC1CCCNC1C(=O)Nc1c(F)cc(F)cc1Cl. The number of carbonyl (C=O) groups excluding carboxylic acids is 1. The van der Waals surface area contributed by atoms with Gasteiger partial charge in [0.2, 0.25) is 5.91 Å². The molecule has 1 heterocycles. The molecule has 3 nitrogen and oxygen atoms in total. The maximum Gasteiger partial charge on any atom is 0.241 e. The Morgan fingerprint density at radius 3 is 2.84 bits per heavy atom. The van der Waals surface area contributed by atoms with Gasteiger partial charge >= 0.3 is 0 Å². The third-order valence-corrected chi connectivity index (χ3v) is 3.61. The molecule has 1 aliphatic rings. The van der Waals surface area contributed by atoms with Crippen molar-refractivity contribution in [2.75, 3.05) is 11.9 Å². The number of benzene rings is 1. The highest BCUT2D eigenvalue weighted by molar-refractivity contribution is 6.33. The Morgan fingerprint density at radius 1 is 1.47 bits per heavy atom. The van der Waals surface area contributed by atoms with Gasteiger partial charge in [-0.2, -0.15) is 0 Å². The maximum absolute atomic E-state index is 13.6. The molecule has 104 valence electrons. The molecule has 0 spiro atoms. The zero-order valence-electron chi connectivity index (χ0n) is 10.5. The lowest BCUT2D eigenvalue weighted by Gasteiger charge is -2.29. The molecule has 2 N–H and O–H groups in total. The van der Waals surface area contributed by atoms with Crippen LogP contribution in [-0.4, -0.2) is 18.5 Å². The molecule has 1 amide bonds. The predicted molar refractivity (Wildman–Crippen MR) is 70.2 cm³/mol. The predicted octanol–water partition coefficient (Wildman–Crippen LogP) is 2.94. The first-order valence-electron chi connectivity index (χ1n) is 6.18. The summed E-state index contributed by atoms with van der Waals surface area (Å²) in [7, 11) is 0. The van der Waals surface area contributed by atoms with E-state index in [-0.39, 0.29) is 28.6 Å². The van der Waals surface area contributed by atoms with E-state index in [0.29, 0.717) is 6.07 Å². The van der Waals surface area contributed by atoms with Gasteiger partial charge in [-0.25, -0.2) is 8.78 Å². The van der Waals surface area contributed by atoms with Crippen molar-refractivity contribution in [1.29, 1.82) is 0 Å². The fourth-order valence-corrected chi connectivity index (χ4v) is 2.50. The van der Waals surface area contributed by atoms with Crippen LogP contribution < -0.4 is 10.6 Å². The molecule has 0 bridgehead atoms. The topological polar surface area (TPSA) is 41.1 Å². The first-order valence-corrected chi connectivity index (χ1v) is 6.55. The number of rotatable bonds is 2. The molecule has 1 aliphatic heterocycles. The van der Waals surface area contributed by atoms with Gasteiger partial charge < -0.3 is 10.6 Å². The number of piperidine rings is 1. The third kappa shape index (κ3) is 3.22. The molecule has 1 fully saturated rings. The molecule has 0 radical (unpaired) electrons. The van der Waals surface area contributed by atoms with Gasteiger partial charge in [-0.3, -0.25) is 4.79 Å². The minimum absolute atomic E-state index is 0.144. The van der Waals surface area contributed by atoms with E-state index in [1.54, 1.807) is 0 Å². The van der Waals surface area contributed by atoms with Crippen LogP contribution >= 0.6 is 11.6 Å². The lowest BCUT2D eigenvalue weighted by atomic mass is 9.92. The van der Waals surface area contributed by atoms with Crippen LogP contribution in [0.1, 0.15) is 19.8 Å². The van der Waals surface area contributed by atoms with E-state index in [9.17, 15) is 13.6 Å². The maximum atomic E-state index is 13.6. The van der Waals surface area contributed by atoms with E-state index in [2.05, 4.69) is 10.6 Å². The standard InChI is InChI=1S/C13H15ClF2N2O/c1-7-3-2-4-17-11(7)13(19)18-12-9(14)5-8(15)6-10(12)16/h5-7,11,17H,2-4H2,1H3,(H,18,19). The molecule has 2 atom stereocenters. The van der Waals surface area contributed by atoms with Crippen LogP contribution in [0.15, 0.2) is 12.1 Å². The van der Waals surface area contributed by atoms with E-state index in [1.807, 2.05) is 6.92 Å². The minimum Gasteiger partial charge on any atom is -0.321 e. The van der Waals surface area contributed by atoms with E-state index in [0.717, 1.165) is 25.5 Å². The summed E-state index contributed by atoms with van der Waals surface area (Å²) >= 11 is 5.74. The number of hydrogen-bond acceptors (Lipinski definition) is 2. The summed E-state index contributed by atoms with van der Waals surface area (Å²) in [5, 5.41) is 5.37. The van der Waals surface area contributed by atoms with Gasteiger partial charge in [0.1, 0.15) is 5.82 Å². The zero-order chi connectivity index (χ0) is 14.0. The van der Waals surface area contributed by atoms with E-state index >= 15 is 0 Å². The second kappa shape index (κ2) is 5.84. The van der Waals surface area contributed by atoms with Gasteiger partial charge in [0.05, 0.1) is 16.8 Å². The van der Waals surface area contributed by atoms with Gasteiger partial charge in [0.15, 0.2) is 5.82 Å². The lowest BCUT2D eigenvalue weighted by Crippen LogP contribution is -2.48. The van der Waals surface area contributed by atoms with Crippen LogP contribution in [0.25, 0.3) is 0 Å². The van der Waals surface area contributed by atoms with Gasteiger partial charge in [-0.05, 0) is 31.4 Å². The molecular weight excluding hydrogens is 274 g/mol. The summed E-state index contributed by atoms with van der Waals surface area (Å²) in [6.45, 7) is 2.71. The first-order chi connectivity index (χ1) is 8.99. The average molecular weight is 289 g/mol. The Labute approximate surface area is 115 Å². The molecular formula is C13H15ClF2N2O. The second-order valence-electron chi connectivity index (χ2n) is 4.78. The van der Waals surface area contributed by atoms with Crippen molar-refractivity contribution < 1.29 is 13.6 Å². The average Bonchev–Trinajstić information content (AvgIpc) is 2.34. The van der Waals surface area contributed by atoms with Crippen molar-refractivity contribution in [2.45, 2.75) is 25.8 Å². The Balaban J connectivity index is 2.14. The Hall–Kier alpha value is -1.20. The number of nitrogens with one attached hydrogen (secondary N) is 2. The van der Waals surface area contributed by atoms with E-state index < -0.39 is 11.6 Å². The van der Waals surface area contributed by atoms with Crippen LogP contribution in [0.3, 0.4) is 0 Å². The van der Waals surface area contributed by atoms with Gasteiger partial charge in [0.25, 0.3) is 0 Å². The molecule has 0 saturated carbocycles. The molecule has 0 aliphatic carbocycles. The van der Waals surface area contributed by atoms with Crippen molar-refractivity contribution in [3.05, 3.63) is 28.8 Å². The van der Waals surface area contributed by atoms with E-state index in [4.69, 9.17) is 11.6 Å². The fraction of sp³-hybridized carbons (Fsp3) is 0.462. The monoisotopic (exact) mass is 288 g/mol. The molecule has 6 heteroatoms. The van der Waals surface area contributed by atoms with Crippen molar-refractivity contribution in [3.63, 3.8) is 0 Å². The van der Waals surface area contributed by atoms with Crippen LogP contribution in [-0.2, 0) is 4.79 Å². The zero-order valence-corrected chi connectivity index (χ0v) is 11.2. The number of carbonyl (C=O) groups is 1. The number of hydrogen-bond donors (Lipinski definition) is 2. The smallest absolute Gasteiger partial charge is 0.241 e. The highest BCUT2D eigenvalue weighted by Crippen LogP contribution is 2.27. The van der Waals surface area contributed by atoms with Crippen LogP contribution in [0.4, 0.5) is 14.5 Å². The highest BCUT2D eigenvalue weighted by atomic mass is 35.5. The first kappa shape index (κ1) is 14.2. The summed E-state index contributed by atoms with van der Waals surface area (Å²) in [6, 6.07) is 1.28. The van der Waals surface area contributed by atoms with Crippen LogP contribution in [0, 0.1) is 17.6 Å².